The largest absolute Gasteiger partial charge is 0.377 e. The van der Waals surface area contributed by atoms with Gasteiger partial charge in [0.2, 0.25) is 0 Å². The van der Waals surface area contributed by atoms with E-state index >= 15 is 0 Å². The molecule has 2 aromatic carbocycles. The molecule has 1 aliphatic heterocycles. The van der Waals surface area contributed by atoms with Crippen molar-refractivity contribution < 1.29 is 9.13 Å². The van der Waals surface area contributed by atoms with Crippen molar-refractivity contribution in [1.82, 2.24) is 10.6 Å². The molecular weight excluding hydrogens is 407 g/mol. The van der Waals surface area contributed by atoms with Crippen LogP contribution in [0, 0.1) is 5.82 Å². The van der Waals surface area contributed by atoms with E-state index in [1.807, 2.05) is 43.3 Å². The van der Waals surface area contributed by atoms with Gasteiger partial charge in [-0.25, -0.2) is 4.39 Å². The van der Waals surface area contributed by atoms with Crippen LogP contribution in [0.15, 0.2) is 70.9 Å². The molecule has 0 bridgehead atoms. The van der Waals surface area contributed by atoms with Crippen molar-refractivity contribution >= 4 is 21.5 Å². The molecular formula is C22H24BrFN2O. The summed E-state index contributed by atoms with van der Waals surface area (Å²) in [4.78, 5) is 0. The second-order valence-electron chi connectivity index (χ2n) is 6.62. The van der Waals surface area contributed by atoms with Crippen molar-refractivity contribution in [2.24, 2.45) is 0 Å². The van der Waals surface area contributed by atoms with E-state index in [1.165, 1.54) is 6.07 Å². The van der Waals surface area contributed by atoms with Gasteiger partial charge in [-0.2, -0.15) is 0 Å². The molecule has 2 N–H and O–H groups in total. The number of hydrogen-bond donors (Lipinski definition) is 2. The second-order valence-corrected chi connectivity index (χ2v) is 7.53. The summed E-state index contributed by atoms with van der Waals surface area (Å²) in [6.45, 7) is 7.11. The highest BCUT2D eigenvalue weighted by atomic mass is 79.9. The number of benzene rings is 2. The van der Waals surface area contributed by atoms with E-state index in [0.717, 1.165) is 35.4 Å². The average molecular weight is 431 g/mol. The third-order valence-corrected chi connectivity index (χ3v) is 5.39. The molecule has 0 aliphatic carbocycles. The molecule has 0 radical (unpaired) electrons. The van der Waals surface area contributed by atoms with Gasteiger partial charge in [0.25, 0.3) is 0 Å². The summed E-state index contributed by atoms with van der Waals surface area (Å²) in [5.41, 5.74) is 4.51. The molecule has 0 spiro atoms. The molecule has 1 aliphatic rings. The van der Waals surface area contributed by atoms with Crippen LogP contribution in [0.2, 0.25) is 0 Å². The summed E-state index contributed by atoms with van der Waals surface area (Å²) >= 11 is 3.34. The summed E-state index contributed by atoms with van der Waals surface area (Å²) in [5, 5.41) is 6.87. The summed E-state index contributed by atoms with van der Waals surface area (Å²) < 4.78 is 21.0. The van der Waals surface area contributed by atoms with Gasteiger partial charge in [0.15, 0.2) is 0 Å². The Morgan fingerprint density at radius 1 is 1.30 bits per heavy atom. The molecule has 0 fully saturated rings. The van der Waals surface area contributed by atoms with Crippen molar-refractivity contribution in [1.29, 1.82) is 0 Å². The van der Waals surface area contributed by atoms with Crippen LogP contribution in [0.1, 0.15) is 30.5 Å². The smallest absolute Gasteiger partial charge is 0.131 e. The predicted octanol–water partition coefficient (Wildman–Crippen LogP) is 5.17. The van der Waals surface area contributed by atoms with E-state index < -0.39 is 0 Å². The Labute approximate surface area is 168 Å². The lowest BCUT2D eigenvalue weighted by Crippen LogP contribution is -2.40. The lowest BCUT2D eigenvalue weighted by Gasteiger charge is -2.31. The van der Waals surface area contributed by atoms with Crippen LogP contribution in [-0.4, -0.2) is 19.9 Å². The molecule has 2 aromatic rings. The standard InChI is InChI=1S/C22H24BrFN2O/c1-14(16-7-5-4-6-8-16)21(18-10-9-17(23)13-19(18)24)26-20-11-12-25-22(27-3)15(20)2/h4-10,13,21-22,25-26H,1,11-12H2,2-3H3. The minimum absolute atomic E-state index is 0.137. The molecule has 0 saturated carbocycles. The van der Waals surface area contributed by atoms with Gasteiger partial charge >= 0.3 is 0 Å². The third kappa shape index (κ3) is 4.49. The molecule has 142 valence electrons. The van der Waals surface area contributed by atoms with Gasteiger partial charge in [0.05, 0.1) is 6.04 Å². The third-order valence-electron chi connectivity index (χ3n) is 4.89. The normalized spacial score (nSPS) is 18.3. The molecule has 5 heteroatoms. The molecule has 0 aromatic heterocycles. The number of halogens is 2. The monoisotopic (exact) mass is 430 g/mol. The number of hydrogen-bond acceptors (Lipinski definition) is 3. The van der Waals surface area contributed by atoms with Gasteiger partial charge in [0, 0.05) is 29.4 Å². The Morgan fingerprint density at radius 3 is 2.70 bits per heavy atom. The highest BCUT2D eigenvalue weighted by Crippen LogP contribution is 2.33. The first-order chi connectivity index (χ1) is 13.0. The zero-order chi connectivity index (χ0) is 19.4. The van der Waals surface area contributed by atoms with Gasteiger partial charge in [-0.05, 0) is 42.2 Å². The van der Waals surface area contributed by atoms with Crippen LogP contribution < -0.4 is 10.6 Å². The first kappa shape index (κ1) is 19.8. The Bertz CT molecular complexity index is 851. The number of ether oxygens (including phenoxy) is 1. The molecule has 2 unspecified atom stereocenters. The zero-order valence-electron chi connectivity index (χ0n) is 15.6. The fourth-order valence-electron chi connectivity index (χ4n) is 3.36. The number of rotatable bonds is 6. The van der Waals surface area contributed by atoms with Crippen molar-refractivity contribution in [3.05, 3.63) is 87.8 Å². The second kappa shape index (κ2) is 8.83. The van der Waals surface area contributed by atoms with Crippen LogP contribution in [0.4, 0.5) is 4.39 Å². The first-order valence-electron chi connectivity index (χ1n) is 8.92. The van der Waals surface area contributed by atoms with Crippen LogP contribution in [0.5, 0.6) is 0 Å². The molecule has 0 saturated heterocycles. The van der Waals surface area contributed by atoms with E-state index in [4.69, 9.17) is 4.74 Å². The van der Waals surface area contributed by atoms with E-state index in [-0.39, 0.29) is 18.1 Å². The highest BCUT2D eigenvalue weighted by molar-refractivity contribution is 9.10. The number of methoxy groups -OCH3 is 1. The summed E-state index contributed by atoms with van der Waals surface area (Å²) in [6, 6.07) is 14.7. The summed E-state index contributed by atoms with van der Waals surface area (Å²) in [5.74, 6) is -0.269. The van der Waals surface area contributed by atoms with Crippen molar-refractivity contribution in [2.75, 3.05) is 13.7 Å². The van der Waals surface area contributed by atoms with E-state index in [9.17, 15) is 4.39 Å². The van der Waals surface area contributed by atoms with Crippen molar-refractivity contribution in [3.63, 3.8) is 0 Å². The van der Waals surface area contributed by atoms with Gasteiger partial charge in [-0.15, -0.1) is 0 Å². The SMILES string of the molecule is C=C(c1ccccc1)C(NC1=C(C)C(OC)NCC1)c1ccc(Br)cc1F. The first-order valence-corrected chi connectivity index (χ1v) is 9.72. The zero-order valence-corrected chi connectivity index (χ0v) is 17.1. The van der Waals surface area contributed by atoms with Crippen molar-refractivity contribution in [3.8, 4) is 0 Å². The van der Waals surface area contributed by atoms with Crippen LogP contribution in [0.25, 0.3) is 5.57 Å². The molecule has 0 amide bonds. The topological polar surface area (TPSA) is 33.3 Å². The molecule has 3 rings (SSSR count). The Hall–Kier alpha value is -1.95. The molecule has 2 atom stereocenters. The minimum atomic E-state index is -0.374. The molecule has 1 heterocycles. The summed E-state index contributed by atoms with van der Waals surface area (Å²) in [6.07, 6.45) is 0.684. The minimum Gasteiger partial charge on any atom is -0.377 e. The Morgan fingerprint density at radius 2 is 2.04 bits per heavy atom. The fourth-order valence-corrected chi connectivity index (χ4v) is 3.70. The maximum absolute atomic E-state index is 14.8. The number of nitrogens with one attached hydrogen (secondary N) is 2. The fraction of sp³-hybridized carbons (Fsp3) is 0.273. The van der Waals surface area contributed by atoms with Crippen LogP contribution >= 0.6 is 15.9 Å². The molecule has 27 heavy (non-hydrogen) atoms. The van der Waals surface area contributed by atoms with Gasteiger partial charge in [-0.1, -0.05) is 58.9 Å². The highest BCUT2D eigenvalue weighted by Gasteiger charge is 2.25. The quantitative estimate of drug-likeness (QED) is 0.662. The maximum Gasteiger partial charge on any atom is 0.131 e. The van der Waals surface area contributed by atoms with E-state index in [2.05, 4.69) is 33.1 Å². The van der Waals surface area contributed by atoms with Crippen molar-refractivity contribution in [2.45, 2.75) is 25.6 Å². The Balaban J connectivity index is 2.01. The molecule has 3 nitrogen and oxygen atoms in total. The summed E-state index contributed by atoms with van der Waals surface area (Å²) in [7, 11) is 1.68. The van der Waals surface area contributed by atoms with Gasteiger partial charge < -0.3 is 10.1 Å². The lowest BCUT2D eigenvalue weighted by atomic mass is 9.92. The van der Waals surface area contributed by atoms with E-state index in [0.29, 0.717) is 10.0 Å². The van der Waals surface area contributed by atoms with Gasteiger partial charge in [-0.3, -0.25) is 5.32 Å². The lowest BCUT2D eigenvalue weighted by molar-refractivity contribution is 0.0964. The average Bonchev–Trinajstić information content (AvgIpc) is 2.68. The maximum atomic E-state index is 14.8. The van der Waals surface area contributed by atoms with Gasteiger partial charge in [0.1, 0.15) is 12.0 Å². The van der Waals surface area contributed by atoms with E-state index in [1.54, 1.807) is 13.2 Å². The van der Waals surface area contributed by atoms with Crippen LogP contribution in [0.3, 0.4) is 0 Å². The van der Waals surface area contributed by atoms with Crippen LogP contribution in [-0.2, 0) is 4.74 Å². The predicted molar refractivity (Wildman–Crippen MR) is 112 cm³/mol. The Kier molecular flexibility index (Phi) is 6.47.